The van der Waals surface area contributed by atoms with Gasteiger partial charge in [0.15, 0.2) is 5.82 Å². The summed E-state index contributed by atoms with van der Waals surface area (Å²) in [4.78, 5) is 10.1. The number of halogens is 1. The second-order valence-corrected chi connectivity index (χ2v) is 12.0. The van der Waals surface area contributed by atoms with Gasteiger partial charge in [-0.05, 0) is 41.6 Å². The summed E-state index contributed by atoms with van der Waals surface area (Å²) >= 11 is 3.61. The molecule has 1 aromatic heterocycles. The molecule has 35 heavy (non-hydrogen) atoms. The lowest BCUT2D eigenvalue weighted by molar-refractivity contribution is 0.470. The van der Waals surface area contributed by atoms with Crippen molar-refractivity contribution in [3.8, 4) is 0 Å². The first-order valence-electron chi connectivity index (χ1n) is 15.5. The Kier molecular flexibility index (Phi) is 17.0. The van der Waals surface area contributed by atoms with E-state index in [0.717, 1.165) is 11.0 Å². The Labute approximate surface area is 226 Å². The van der Waals surface area contributed by atoms with Crippen LogP contribution in [0, 0.1) is 0 Å². The summed E-state index contributed by atoms with van der Waals surface area (Å²) in [5.74, 6) is 1.60. The lowest BCUT2D eigenvalue weighted by Gasteiger charge is -2.24. The van der Waals surface area contributed by atoms with Gasteiger partial charge >= 0.3 is 0 Å². The van der Waals surface area contributed by atoms with Crippen LogP contribution < -0.4 is 5.73 Å². The van der Waals surface area contributed by atoms with E-state index in [1.807, 2.05) is 0 Å². The van der Waals surface area contributed by atoms with Crippen molar-refractivity contribution in [1.29, 1.82) is 0 Å². The predicted molar refractivity (Wildman–Crippen MR) is 157 cm³/mol. The summed E-state index contributed by atoms with van der Waals surface area (Å²) in [6.07, 6.45) is 31.1. The van der Waals surface area contributed by atoms with Gasteiger partial charge in [0.2, 0.25) is 0 Å². The summed E-state index contributed by atoms with van der Waals surface area (Å²) in [5, 5.41) is 0. The zero-order chi connectivity index (χ0) is 25.1. The fourth-order valence-electron chi connectivity index (χ4n) is 5.90. The molecule has 1 unspecified atom stereocenters. The van der Waals surface area contributed by atoms with Gasteiger partial charge in [0.1, 0.15) is 4.60 Å². The first-order valence-corrected chi connectivity index (χ1v) is 16.3. The minimum Gasteiger partial charge on any atom is -0.381 e. The van der Waals surface area contributed by atoms with Crippen molar-refractivity contribution < 1.29 is 0 Å². The molecule has 202 valence electrons. The highest BCUT2D eigenvalue weighted by Gasteiger charge is 2.24. The summed E-state index contributed by atoms with van der Waals surface area (Å²) in [7, 11) is 0. The van der Waals surface area contributed by atoms with Gasteiger partial charge in [-0.1, -0.05) is 136 Å². The fraction of sp³-hybridized carbons (Fsp3) is 0.871. The minimum absolute atomic E-state index is 0.503. The monoisotopic (exact) mass is 549 g/mol. The molecule has 0 radical (unpaired) electrons. The molecule has 1 fully saturated rings. The van der Waals surface area contributed by atoms with Crippen LogP contribution in [0.2, 0.25) is 0 Å². The van der Waals surface area contributed by atoms with Crippen LogP contribution in [0.4, 0.5) is 5.82 Å². The van der Waals surface area contributed by atoms with E-state index in [2.05, 4.69) is 29.8 Å². The van der Waals surface area contributed by atoms with Crippen molar-refractivity contribution in [2.45, 2.75) is 173 Å². The van der Waals surface area contributed by atoms with E-state index in [9.17, 15) is 0 Å². The number of rotatable bonds is 13. The SMILES string of the molecule is CCCCCCCCCCCC(CC)c1nc(Br)c(N)nc1C1CCCCCCCCCCCC1. The third-order valence-electron chi connectivity index (χ3n) is 8.21. The van der Waals surface area contributed by atoms with Gasteiger partial charge in [-0.2, -0.15) is 0 Å². The second kappa shape index (κ2) is 19.5. The van der Waals surface area contributed by atoms with E-state index in [1.165, 1.54) is 153 Å². The molecule has 2 rings (SSSR count). The number of nitrogens with two attached hydrogens (primary N) is 1. The van der Waals surface area contributed by atoms with E-state index >= 15 is 0 Å². The van der Waals surface area contributed by atoms with Gasteiger partial charge in [-0.3, -0.25) is 0 Å². The average Bonchev–Trinajstić information content (AvgIpc) is 2.88. The Morgan fingerprint density at radius 2 is 1.20 bits per heavy atom. The lowest BCUT2D eigenvalue weighted by atomic mass is 9.85. The first-order chi connectivity index (χ1) is 17.2. The maximum atomic E-state index is 6.31. The standard InChI is InChI=1S/C31H56BrN3/c1-3-5-6-7-8-11-14-17-20-23-26(4-2)28-29(35-31(33)30(32)34-28)27-24-21-18-15-12-9-10-13-16-19-22-25-27/h26-27H,3-25H2,1-2H3,(H2,33,35). The number of aromatic nitrogens is 2. The van der Waals surface area contributed by atoms with Gasteiger partial charge in [-0.15, -0.1) is 0 Å². The highest BCUT2D eigenvalue weighted by molar-refractivity contribution is 9.10. The molecule has 0 bridgehead atoms. The molecule has 1 aromatic rings. The maximum Gasteiger partial charge on any atom is 0.156 e. The number of unbranched alkanes of at least 4 members (excludes halogenated alkanes) is 8. The van der Waals surface area contributed by atoms with Crippen molar-refractivity contribution in [3.63, 3.8) is 0 Å². The summed E-state index contributed by atoms with van der Waals surface area (Å²) in [5.41, 5.74) is 8.80. The van der Waals surface area contributed by atoms with E-state index in [4.69, 9.17) is 15.7 Å². The summed E-state index contributed by atoms with van der Waals surface area (Å²) < 4.78 is 0.742. The van der Waals surface area contributed by atoms with Gasteiger partial charge in [0.05, 0.1) is 11.4 Å². The van der Waals surface area contributed by atoms with Crippen molar-refractivity contribution >= 4 is 21.7 Å². The minimum atomic E-state index is 0.503. The molecule has 4 heteroatoms. The summed E-state index contributed by atoms with van der Waals surface area (Å²) in [6.45, 7) is 4.63. The van der Waals surface area contributed by atoms with Crippen molar-refractivity contribution in [1.82, 2.24) is 9.97 Å². The number of hydrogen-bond acceptors (Lipinski definition) is 3. The zero-order valence-electron chi connectivity index (χ0n) is 23.3. The molecule has 1 atom stereocenters. The third-order valence-corrected chi connectivity index (χ3v) is 8.79. The molecule has 0 aromatic carbocycles. The van der Waals surface area contributed by atoms with E-state index in [-0.39, 0.29) is 0 Å². The van der Waals surface area contributed by atoms with Crippen molar-refractivity contribution in [3.05, 3.63) is 16.0 Å². The highest BCUT2D eigenvalue weighted by atomic mass is 79.9. The lowest BCUT2D eigenvalue weighted by Crippen LogP contribution is -2.14. The Hall–Kier alpha value is -0.640. The van der Waals surface area contributed by atoms with Crippen LogP contribution in [0.5, 0.6) is 0 Å². The molecule has 0 aliphatic heterocycles. The Bertz CT molecular complexity index is 649. The van der Waals surface area contributed by atoms with Gasteiger partial charge < -0.3 is 5.73 Å². The Balaban J connectivity index is 2.00. The van der Waals surface area contributed by atoms with Gasteiger partial charge in [0.25, 0.3) is 0 Å². The topological polar surface area (TPSA) is 51.8 Å². The number of nitrogen functional groups attached to an aromatic ring is 1. The Morgan fingerprint density at radius 3 is 1.71 bits per heavy atom. The smallest absolute Gasteiger partial charge is 0.156 e. The molecule has 1 heterocycles. The molecule has 0 spiro atoms. The van der Waals surface area contributed by atoms with Crippen molar-refractivity contribution in [2.24, 2.45) is 0 Å². The normalized spacial score (nSPS) is 17.9. The molecule has 1 saturated carbocycles. The van der Waals surface area contributed by atoms with E-state index in [1.54, 1.807) is 0 Å². The second-order valence-electron chi connectivity index (χ2n) is 11.2. The third kappa shape index (κ3) is 12.4. The fourth-order valence-corrected chi connectivity index (χ4v) is 6.18. The largest absolute Gasteiger partial charge is 0.381 e. The summed E-state index contributed by atoms with van der Waals surface area (Å²) in [6, 6.07) is 0. The molecule has 3 nitrogen and oxygen atoms in total. The average molecular weight is 551 g/mol. The van der Waals surface area contributed by atoms with Crippen LogP contribution in [0.25, 0.3) is 0 Å². The van der Waals surface area contributed by atoms with Crippen LogP contribution in [0.15, 0.2) is 4.60 Å². The zero-order valence-corrected chi connectivity index (χ0v) is 24.9. The molecule has 1 aliphatic rings. The van der Waals surface area contributed by atoms with E-state index in [0.29, 0.717) is 17.7 Å². The van der Waals surface area contributed by atoms with Crippen LogP contribution >= 0.6 is 15.9 Å². The molecule has 0 amide bonds. The molecular weight excluding hydrogens is 494 g/mol. The van der Waals surface area contributed by atoms with Crippen LogP contribution in [0.1, 0.15) is 185 Å². The highest BCUT2D eigenvalue weighted by Crippen LogP contribution is 2.37. The van der Waals surface area contributed by atoms with Crippen molar-refractivity contribution in [2.75, 3.05) is 5.73 Å². The van der Waals surface area contributed by atoms with Gasteiger partial charge in [-0.25, -0.2) is 9.97 Å². The number of hydrogen-bond donors (Lipinski definition) is 1. The molecule has 1 aliphatic carbocycles. The Morgan fingerprint density at radius 1 is 0.714 bits per heavy atom. The van der Waals surface area contributed by atoms with E-state index < -0.39 is 0 Å². The molecule has 2 N–H and O–H groups in total. The molecule has 0 saturated heterocycles. The van der Waals surface area contributed by atoms with Crippen LogP contribution in [0.3, 0.4) is 0 Å². The molecular formula is C31H56BrN3. The number of anilines is 1. The first kappa shape index (κ1) is 30.6. The maximum absolute atomic E-state index is 6.31. The number of nitrogens with zero attached hydrogens (tertiary/aromatic N) is 2. The quantitative estimate of drug-likeness (QED) is 0.249. The predicted octanol–water partition coefficient (Wildman–Crippen LogP) is 11.0. The van der Waals surface area contributed by atoms with Gasteiger partial charge in [0, 0.05) is 11.8 Å². The van der Waals surface area contributed by atoms with Crippen LogP contribution in [-0.4, -0.2) is 9.97 Å². The van der Waals surface area contributed by atoms with Crippen LogP contribution in [-0.2, 0) is 0 Å².